The summed E-state index contributed by atoms with van der Waals surface area (Å²) in [5, 5.41) is 0. The number of allylic oxidation sites excluding steroid dienone is 2. The van der Waals surface area contributed by atoms with Gasteiger partial charge in [-0.3, -0.25) is 0 Å². The molecule has 0 radical (unpaired) electrons. The van der Waals surface area contributed by atoms with Crippen LogP contribution < -0.4 is 0 Å². The molecule has 0 nitrogen and oxygen atoms in total. The van der Waals surface area contributed by atoms with Crippen LogP contribution in [-0.4, -0.2) is 0 Å². The van der Waals surface area contributed by atoms with Crippen molar-refractivity contribution in [2.75, 3.05) is 0 Å². The first-order chi connectivity index (χ1) is 10.8. The van der Waals surface area contributed by atoms with Gasteiger partial charge in [0.25, 0.3) is 0 Å². The second-order valence-corrected chi connectivity index (χ2v) is 8.90. The highest BCUT2D eigenvalue weighted by Gasteiger charge is 2.33. The molecule has 3 rings (SSSR count). The summed E-state index contributed by atoms with van der Waals surface area (Å²) in [4.78, 5) is 0. The zero-order valence-electron chi connectivity index (χ0n) is 15.1. The third kappa shape index (κ3) is 4.18. The third-order valence-electron chi connectivity index (χ3n) is 7.49. The Balaban J connectivity index is 1.40. The Labute approximate surface area is 139 Å². The Morgan fingerprint density at radius 3 is 1.32 bits per heavy atom. The zero-order valence-corrected chi connectivity index (χ0v) is 15.1. The Kier molecular flexibility index (Phi) is 6.05. The molecule has 0 unspecified atom stereocenters. The van der Waals surface area contributed by atoms with Gasteiger partial charge in [0.15, 0.2) is 0 Å². The van der Waals surface area contributed by atoms with Gasteiger partial charge in [-0.2, -0.15) is 0 Å². The maximum atomic E-state index is 2.46. The monoisotopic (exact) mass is 302 g/mol. The molecule has 0 spiro atoms. The molecule has 0 aromatic carbocycles. The summed E-state index contributed by atoms with van der Waals surface area (Å²) in [7, 11) is 0. The van der Waals surface area contributed by atoms with Crippen LogP contribution in [0, 0.1) is 35.5 Å². The predicted octanol–water partition coefficient (Wildman–Crippen LogP) is 7.00. The Bertz CT molecular complexity index is 331. The van der Waals surface area contributed by atoms with Gasteiger partial charge in [-0.15, -0.1) is 0 Å². The minimum absolute atomic E-state index is 0.904. The van der Waals surface area contributed by atoms with Crippen molar-refractivity contribution >= 4 is 0 Å². The highest BCUT2D eigenvalue weighted by atomic mass is 14.4. The normalized spacial score (nSPS) is 44.3. The van der Waals surface area contributed by atoms with Gasteiger partial charge in [0.1, 0.15) is 0 Å². The van der Waals surface area contributed by atoms with Crippen LogP contribution in [0.25, 0.3) is 0 Å². The zero-order chi connectivity index (χ0) is 15.4. The molecule has 126 valence electrons. The first kappa shape index (κ1) is 16.6. The van der Waals surface area contributed by atoms with E-state index in [0.717, 1.165) is 35.5 Å². The van der Waals surface area contributed by atoms with Crippen LogP contribution in [0.2, 0.25) is 0 Å². The van der Waals surface area contributed by atoms with Crippen molar-refractivity contribution in [2.24, 2.45) is 35.5 Å². The molecule has 0 amide bonds. The van der Waals surface area contributed by atoms with Crippen LogP contribution in [0.1, 0.15) is 90.9 Å². The average Bonchev–Trinajstić information content (AvgIpc) is 2.57. The molecule has 0 bridgehead atoms. The van der Waals surface area contributed by atoms with Crippen molar-refractivity contribution in [3.8, 4) is 0 Å². The standard InChI is InChI=1S/C22H38/c1-3-4-18-7-11-20(12-8-18)22-15-13-21(14-16-22)19-9-5-17(2)6-10-19/h3-4,17-22H,5-16H2,1-2H3. The number of rotatable bonds is 3. The van der Waals surface area contributed by atoms with Gasteiger partial charge in [-0.05, 0) is 107 Å². The quantitative estimate of drug-likeness (QED) is 0.492. The lowest BCUT2D eigenvalue weighted by molar-refractivity contribution is 0.110. The van der Waals surface area contributed by atoms with E-state index < -0.39 is 0 Å². The molecule has 0 aromatic rings. The van der Waals surface area contributed by atoms with Crippen LogP contribution in [0.5, 0.6) is 0 Å². The first-order valence-electron chi connectivity index (χ1n) is 10.4. The summed E-state index contributed by atoms with van der Waals surface area (Å²) in [6.07, 6.45) is 23.1. The maximum Gasteiger partial charge on any atom is -0.0233 e. The van der Waals surface area contributed by atoms with E-state index in [0.29, 0.717) is 0 Å². The highest BCUT2D eigenvalue weighted by Crippen LogP contribution is 2.45. The highest BCUT2D eigenvalue weighted by molar-refractivity contribution is 4.91. The molecule has 0 N–H and O–H groups in total. The van der Waals surface area contributed by atoms with Crippen molar-refractivity contribution in [3.63, 3.8) is 0 Å². The van der Waals surface area contributed by atoms with Crippen molar-refractivity contribution in [1.29, 1.82) is 0 Å². The molecule has 0 aliphatic heterocycles. The van der Waals surface area contributed by atoms with Crippen LogP contribution in [0.15, 0.2) is 12.2 Å². The molecule has 22 heavy (non-hydrogen) atoms. The second-order valence-electron chi connectivity index (χ2n) is 8.90. The van der Waals surface area contributed by atoms with Crippen LogP contribution in [-0.2, 0) is 0 Å². The molecule has 0 saturated heterocycles. The van der Waals surface area contributed by atoms with E-state index in [2.05, 4.69) is 26.0 Å². The Hall–Kier alpha value is -0.260. The second kappa shape index (κ2) is 8.02. The molecule has 0 heteroatoms. The van der Waals surface area contributed by atoms with Crippen molar-refractivity contribution in [1.82, 2.24) is 0 Å². The molecule has 0 atom stereocenters. The summed E-state index contributed by atoms with van der Waals surface area (Å²) >= 11 is 0. The third-order valence-corrected chi connectivity index (χ3v) is 7.49. The van der Waals surface area contributed by atoms with E-state index in [4.69, 9.17) is 0 Å². The molecule has 3 aliphatic rings. The van der Waals surface area contributed by atoms with Gasteiger partial charge in [0.05, 0.1) is 0 Å². The lowest BCUT2D eigenvalue weighted by Gasteiger charge is -2.41. The van der Waals surface area contributed by atoms with Gasteiger partial charge < -0.3 is 0 Å². The fraction of sp³-hybridized carbons (Fsp3) is 0.909. The predicted molar refractivity (Wildman–Crippen MR) is 96.8 cm³/mol. The van der Waals surface area contributed by atoms with E-state index in [9.17, 15) is 0 Å². The summed E-state index contributed by atoms with van der Waals surface area (Å²) < 4.78 is 0. The Morgan fingerprint density at radius 1 is 0.545 bits per heavy atom. The fourth-order valence-corrected chi connectivity index (χ4v) is 5.93. The maximum absolute atomic E-state index is 2.46. The van der Waals surface area contributed by atoms with E-state index in [1.807, 2.05) is 0 Å². The molecule has 0 aromatic heterocycles. The molecular weight excluding hydrogens is 264 g/mol. The van der Waals surface area contributed by atoms with Crippen LogP contribution in [0.3, 0.4) is 0 Å². The van der Waals surface area contributed by atoms with Gasteiger partial charge in [-0.25, -0.2) is 0 Å². The molecule has 3 saturated carbocycles. The van der Waals surface area contributed by atoms with Gasteiger partial charge >= 0.3 is 0 Å². The van der Waals surface area contributed by atoms with Gasteiger partial charge in [0.2, 0.25) is 0 Å². The molecular formula is C22H38. The van der Waals surface area contributed by atoms with Gasteiger partial charge in [-0.1, -0.05) is 31.9 Å². The summed E-state index contributed by atoms with van der Waals surface area (Å²) in [6, 6.07) is 0. The van der Waals surface area contributed by atoms with E-state index in [1.54, 1.807) is 38.5 Å². The fourth-order valence-electron chi connectivity index (χ4n) is 5.93. The average molecular weight is 303 g/mol. The van der Waals surface area contributed by atoms with Crippen molar-refractivity contribution in [3.05, 3.63) is 12.2 Å². The number of hydrogen-bond donors (Lipinski definition) is 0. The molecule has 0 heterocycles. The minimum atomic E-state index is 0.904. The lowest BCUT2D eigenvalue weighted by Crippen LogP contribution is -2.29. The van der Waals surface area contributed by atoms with Crippen molar-refractivity contribution < 1.29 is 0 Å². The van der Waals surface area contributed by atoms with Crippen LogP contribution >= 0.6 is 0 Å². The topological polar surface area (TPSA) is 0 Å². The van der Waals surface area contributed by atoms with Gasteiger partial charge in [0, 0.05) is 0 Å². The number of hydrogen-bond acceptors (Lipinski definition) is 0. The summed E-state index contributed by atoms with van der Waals surface area (Å²) in [5.41, 5.74) is 0. The molecule has 3 fully saturated rings. The SMILES string of the molecule is CC=CC1CCC(C2CCC(C3CCC(C)CC3)CC2)CC1. The smallest absolute Gasteiger partial charge is 0.0233 e. The first-order valence-corrected chi connectivity index (χ1v) is 10.4. The van der Waals surface area contributed by atoms with Crippen LogP contribution in [0.4, 0.5) is 0 Å². The summed E-state index contributed by atoms with van der Waals surface area (Å²) in [6.45, 7) is 4.64. The molecule has 3 aliphatic carbocycles. The van der Waals surface area contributed by atoms with Crippen molar-refractivity contribution in [2.45, 2.75) is 90.9 Å². The van der Waals surface area contributed by atoms with E-state index in [-0.39, 0.29) is 0 Å². The van der Waals surface area contributed by atoms with E-state index in [1.165, 1.54) is 38.5 Å². The summed E-state index contributed by atoms with van der Waals surface area (Å²) in [5.74, 6) is 6.28. The lowest BCUT2D eigenvalue weighted by atomic mass is 9.65. The van der Waals surface area contributed by atoms with E-state index >= 15 is 0 Å². The minimum Gasteiger partial charge on any atom is -0.0914 e. The largest absolute Gasteiger partial charge is 0.0914 e. The Morgan fingerprint density at radius 2 is 0.909 bits per heavy atom.